The molecule has 0 saturated carbocycles. The third-order valence-corrected chi connectivity index (χ3v) is 10.6. The summed E-state index contributed by atoms with van der Waals surface area (Å²) in [5, 5.41) is 14.5. The molecule has 2 heterocycles. The minimum Gasteiger partial charge on any atom is -0.423 e. The second kappa shape index (κ2) is 26.0. The maximum atomic E-state index is 14.0. The highest BCUT2D eigenvalue weighted by molar-refractivity contribution is 6.00. The van der Waals surface area contributed by atoms with E-state index in [0.717, 1.165) is 19.3 Å². The van der Waals surface area contributed by atoms with Gasteiger partial charge in [0.15, 0.2) is 0 Å². The highest BCUT2D eigenvalue weighted by Crippen LogP contribution is 2.22. The Hall–Kier alpha value is -5.32. The van der Waals surface area contributed by atoms with Crippen molar-refractivity contribution in [3.8, 4) is 0 Å². The molecule has 332 valence electrons. The number of nitrogens with two attached hydrogens (primary N) is 2. The molecule has 17 nitrogen and oxygen atoms in total. The van der Waals surface area contributed by atoms with Crippen LogP contribution < -0.4 is 43.7 Å². The first-order valence-corrected chi connectivity index (χ1v) is 21.5. The number of nitrogens with zero attached hydrogens (tertiary/aromatic N) is 1. The molecule has 0 spiro atoms. The molecule has 9 N–H and O–H groups in total. The summed E-state index contributed by atoms with van der Waals surface area (Å²) in [6.45, 7) is 6.10. The van der Waals surface area contributed by atoms with Gasteiger partial charge in [-0.15, -0.1) is 0 Å². The number of carbonyl (C=O) groups excluding carboxylic acids is 7. The summed E-state index contributed by atoms with van der Waals surface area (Å²) in [5.74, 6) is -3.78. The average molecular weight is 839 g/mol. The predicted molar refractivity (Wildman–Crippen MR) is 228 cm³/mol. The fraction of sp³-hybridized carbons (Fsp3) is 0.628. The third-order valence-electron chi connectivity index (χ3n) is 10.6. The van der Waals surface area contributed by atoms with Crippen molar-refractivity contribution in [1.82, 2.24) is 26.2 Å². The molecule has 0 aliphatic carbocycles. The number of rotatable bonds is 27. The van der Waals surface area contributed by atoms with Crippen LogP contribution in [0.5, 0.6) is 0 Å². The molecule has 0 bridgehead atoms. The van der Waals surface area contributed by atoms with E-state index in [1.54, 1.807) is 19.1 Å². The van der Waals surface area contributed by atoms with Crippen molar-refractivity contribution < 1.29 is 38.0 Å². The number of hydrogen-bond acceptors (Lipinski definition) is 10. The standard InChI is InChI=1S/C43H66N8O9/c1-4-5-6-7-8-9-10-19-38(54)46-23-14-12-17-32(40(56)48-30-20-21-31-28(2)25-39(55)60-36(31)26-30)49-41(57)33(16-11-13-22-44)50-42(58)35-18-15-24-51(35)43(59)34(27-37(45)53)47-29(3)52/h20-21,25-26,32-35H,4-19,22-24,27,44H2,1-3H3,(H2,45,53)(H,46,54)(H,47,52)(H,48,56)(H,49,57)(H,50,58)/t32-,33-,34-,35-/m0/s1. The Morgan fingerprint density at radius 1 is 0.833 bits per heavy atom. The van der Waals surface area contributed by atoms with E-state index < -0.39 is 71.7 Å². The Kier molecular flexibility index (Phi) is 21.3. The van der Waals surface area contributed by atoms with Crippen molar-refractivity contribution in [1.29, 1.82) is 0 Å². The van der Waals surface area contributed by atoms with Crippen LogP contribution in [-0.2, 0) is 33.6 Å². The van der Waals surface area contributed by atoms with Crippen molar-refractivity contribution in [2.24, 2.45) is 11.5 Å². The largest absolute Gasteiger partial charge is 0.423 e. The van der Waals surface area contributed by atoms with Crippen molar-refractivity contribution in [2.45, 2.75) is 154 Å². The molecule has 1 saturated heterocycles. The van der Waals surface area contributed by atoms with Gasteiger partial charge < -0.3 is 47.4 Å². The summed E-state index contributed by atoms with van der Waals surface area (Å²) in [6.07, 6.45) is 11.0. The van der Waals surface area contributed by atoms with E-state index in [1.165, 1.54) is 49.6 Å². The number of primary amides is 1. The second-order valence-electron chi connectivity index (χ2n) is 15.7. The number of benzene rings is 1. The molecule has 4 atom stereocenters. The number of likely N-dealkylation sites (tertiary alicyclic amines) is 1. The zero-order valence-corrected chi connectivity index (χ0v) is 35.5. The lowest BCUT2D eigenvalue weighted by Crippen LogP contribution is -2.57. The fourth-order valence-electron chi connectivity index (χ4n) is 7.38. The van der Waals surface area contributed by atoms with Gasteiger partial charge in [-0.25, -0.2) is 4.79 Å². The van der Waals surface area contributed by atoms with E-state index in [-0.39, 0.29) is 37.3 Å². The smallest absolute Gasteiger partial charge is 0.336 e. The van der Waals surface area contributed by atoms with Crippen LogP contribution in [0, 0.1) is 6.92 Å². The van der Waals surface area contributed by atoms with E-state index >= 15 is 0 Å². The number of hydrogen-bond donors (Lipinski definition) is 7. The molecule has 0 unspecified atom stereocenters. The van der Waals surface area contributed by atoms with E-state index in [4.69, 9.17) is 15.9 Å². The zero-order valence-electron chi connectivity index (χ0n) is 35.5. The molecular formula is C43H66N8O9. The van der Waals surface area contributed by atoms with Gasteiger partial charge in [0.05, 0.1) is 6.42 Å². The molecule has 7 amide bonds. The monoisotopic (exact) mass is 838 g/mol. The first-order valence-electron chi connectivity index (χ1n) is 21.5. The van der Waals surface area contributed by atoms with E-state index in [0.29, 0.717) is 68.3 Å². The van der Waals surface area contributed by atoms with Crippen LogP contribution in [-0.4, -0.2) is 90.1 Å². The molecule has 1 aliphatic rings. The van der Waals surface area contributed by atoms with Crippen LogP contribution >= 0.6 is 0 Å². The lowest BCUT2D eigenvalue weighted by atomic mass is 10.0. The molecule has 1 aromatic heterocycles. The third kappa shape index (κ3) is 16.7. The molecule has 1 aliphatic heterocycles. The van der Waals surface area contributed by atoms with Gasteiger partial charge in [-0.05, 0) is 89.0 Å². The van der Waals surface area contributed by atoms with Crippen LogP contribution in [0.1, 0.15) is 129 Å². The Labute approximate surface area is 352 Å². The summed E-state index contributed by atoms with van der Waals surface area (Å²) in [5.41, 5.74) is 11.9. The summed E-state index contributed by atoms with van der Waals surface area (Å²) < 4.78 is 5.35. The Bertz CT molecular complexity index is 1820. The van der Waals surface area contributed by atoms with Gasteiger partial charge >= 0.3 is 5.63 Å². The van der Waals surface area contributed by atoms with Crippen LogP contribution in [0.3, 0.4) is 0 Å². The van der Waals surface area contributed by atoms with Gasteiger partial charge in [0.2, 0.25) is 41.4 Å². The van der Waals surface area contributed by atoms with Gasteiger partial charge in [-0.3, -0.25) is 33.6 Å². The van der Waals surface area contributed by atoms with Gasteiger partial charge in [0.1, 0.15) is 29.8 Å². The molecule has 60 heavy (non-hydrogen) atoms. The van der Waals surface area contributed by atoms with Gasteiger partial charge in [0, 0.05) is 49.6 Å². The van der Waals surface area contributed by atoms with Crippen LogP contribution in [0.2, 0.25) is 0 Å². The molecular weight excluding hydrogens is 773 g/mol. The normalized spacial score (nSPS) is 15.1. The average Bonchev–Trinajstić information content (AvgIpc) is 3.69. The van der Waals surface area contributed by atoms with Crippen LogP contribution in [0.15, 0.2) is 33.5 Å². The quantitative estimate of drug-likeness (QED) is 0.0511. The number of aryl methyl sites for hydroxylation is 1. The van der Waals surface area contributed by atoms with Crippen LogP contribution in [0.4, 0.5) is 5.69 Å². The molecule has 0 radical (unpaired) electrons. The molecule has 2 aromatic rings. The van der Waals surface area contributed by atoms with Crippen molar-refractivity contribution in [3.05, 3.63) is 40.2 Å². The Balaban J connectivity index is 1.73. The predicted octanol–water partition coefficient (Wildman–Crippen LogP) is 2.94. The maximum Gasteiger partial charge on any atom is 0.336 e. The highest BCUT2D eigenvalue weighted by atomic mass is 16.4. The SMILES string of the molecule is CCCCCCCCCC(=O)NCCCC[C@H](NC(=O)[C@H](CCCCN)NC(=O)[C@@H]1CCCN1C(=O)[C@H](CC(N)=O)NC(C)=O)C(=O)Nc1ccc2c(C)cc(=O)oc2c1. The summed E-state index contributed by atoms with van der Waals surface area (Å²) in [7, 11) is 0. The van der Waals surface area contributed by atoms with E-state index in [9.17, 15) is 38.4 Å². The zero-order chi connectivity index (χ0) is 44.0. The highest BCUT2D eigenvalue weighted by Gasteiger charge is 2.39. The Morgan fingerprint density at radius 2 is 1.52 bits per heavy atom. The second-order valence-corrected chi connectivity index (χ2v) is 15.7. The number of amides is 7. The molecule has 1 fully saturated rings. The van der Waals surface area contributed by atoms with E-state index in [2.05, 4.69) is 33.5 Å². The topological polar surface area (TPSA) is 265 Å². The number of carbonyl (C=O) groups is 7. The Morgan fingerprint density at radius 3 is 2.20 bits per heavy atom. The van der Waals surface area contributed by atoms with Gasteiger partial charge in [-0.2, -0.15) is 0 Å². The number of nitrogens with one attached hydrogen (secondary N) is 5. The van der Waals surface area contributed by atoms with Crippen molar-refractivity contribution >= 4 is 58.0 Å². The molecule has 17 heteroatoms. The summed E-state index contributed by atoms with van der Waals surface area (Å²) >= 11 is 0. The minimum atomic E-state index is -1.25. The first kappa shape index (κ1) is 49.0. The lowest BCUT2D eigenvalue weighted by Gasteiger charge is -2.30. The van der Waals surface area contributed by atoms with Crippen molar-refractivity contribution in [2.75, 3.05) is 25.0 Å². The maximum absolute atomic E-state index is 14.0. The lowest BCUT2D eigenvalue weighted by molar-refractivity contribution is -0.143. The van der Waals surface area contributed by atoms with Crippen LogP contribution in [0.25, 0.3) is 11.0 Å². The summed E-state index contributed by atoms with van der Waals surface area (Å²) in [6, 6.07) is 1.90. The number of anilines is 1. The van der Waals surface area contributed by atoms with Gasteiger partial charge in [-0.1, -0.05) is 45.4 Å². The number of unbranched alkanes of at least 4 members (excludes halogenated alkanes) is 8. The number of fused-ring (bicyclic) bond motifs is 1. The summed E-state index contributed by atoms with van der Waals surface area (Å²) in [4.78, 5) is 104. The molecule has 1 aromatic carbocycles. The minimum absolute atomic E-state index is 0.0264. The van der Waals surface area contributed by atoms with Gasteiger partial charge in [0.25, 0.3) is 0 Å². The van der Waals surface area contributed by atoms with Crippen molar-refractivity contribution in [3.63, 3.8) is 0 Å². The first-order chi connectivity index (χ1) is 28.7. The fourth-order valence-corrected chi connectivity index (χ4v) is 7.38. The van der Waals surface area contributed by atoms with E-state index in [1.807, 2.05) is 0 Å². The molecule has 3 rings (SSSR count).